The number of para-hydroxylation sites is 2. The Bertz CT molecular complexity index is 2910. The Balaban J connectivity index is 1.13. The highest BCUT2D eigenvalue weighted by atomic mass is 15.1. The van der Waals surface area contributed by atoms with E-state index in [-0.39, 0.29) is 5.41 Å². The van der Waals surface area contributed by atoms with Gasteiger partial charge in [-0.1, -0.05) is 194 Å². The smallest absolute Gasteiger partial charge is 0.0713 e. The molecule has 0 amide bonds. The number of hydrogen-bond donors (Lipinski definition) is 0. The molecule has 1 unspecified atom stereocenters. The van der Waals surface area contributed by atoms with Gasteiger partial charge >= 0.3 is 0 Å². The molecule has 0 spiro atoms. The molecule has 1 heteroatoms. The molecule has 9 aromatic rings. The van der Waals surface area contributed by atoms with E-state index in [1.807, 2.05) is 0 Å². The first-order valence-corrected chi connectivity index (χ1v) is 20.3. The fraction of sp³-hybridized carbons (Fsp3) is 0.0526. The molecule has 274 valence electrons. The van der Waals surface area contributed by atoms with Gasteiger partial charge in [0.25, 0.3) is 0 Å². The van der Waals surface area contributed by atoms with E-state index < -0.39 is 5.41 Å². The summed E-state index contributed by atoms with van der Waals surface area (Å²) >= 11 is 0. The van der Waals surface area contributed by atoms with Gasteiger partial charge < -0.3 is 4.90 Å². The summed E-state index contributed by atoms with van der Waals surface area (Å²) in [5.74, 6) is 0. The van der Waals surface area contributed by atoms with Crippen LogP contribution in [0.4, 0.5) is 17.1 Å². The highest BCUT2D eigenvalue weighted by Gasteiger charge is 2.46. The Morgan fingerprint density at radius 1 is 0.310 bits per heavy atom. The van der Waals surface area contributed by atoms with Crippen molar-refractivity contribution in [1.29, 1.82) is 0 Å². The summed E-state index contributed by atoms with van der Waals surface area (Å²) in [6.07, 6.45) is 0. The van der Waals surface area contributed by atoms with Crippen molar-refractivity contribution in [3.05, 3.63) is 269 Å². The third-order valence-corrected chi connectivity index (χ3v) is 12.8. The summed E-state index contributed by atoms with van der Waals surface area (Å²) in [5, 5.41) is 0. The van der Waals surface area contributed by atoms with E-state index in [0.717, 1.165) is 17.1 Å². The fourth-order valence-corrected chi connectivity index (χ4v) is 10.2. The molecule has 0 aliphatic heterocycles. The van der Waals surface area contributed by atoms with E-state index in [1.165, 1.54) is 72.3 Å². The van der Waals surface area contributed by atoms with Gasteiger partial charge in [-0.05, 0) is 110 Å². The first-order chi connectivity index (χ1) is 28.7. The largest absolute Gasteiger partial charge is 0.310 e. The van der Waals surface area contributed by atoms with Crippen molar-refractivity contribution in [2.24, 2.45) is 0 Å². The first kappa shape index (κ1) is 34.1. The topological polar surface area (TPSA) is 3.24 Å². The summed E-state index contributed by atoms with van der Waals surface area (Å²) in [5.41, 5.74) is 19.2. The molecular formula is C57H41N. The van der Waals surface area contributed by atoms with Crippen LogP contribution in [0, 0.1) is 0 Å². The van der Waals surface area contributed by atoms with Gasteiger partial charge in [0, 0.05) is 22.4 Å². The number of benzene rings is 9. The van der Waals surface area contributed by atoms with Crippen molar-refractivity contribution in [3.63, 3.8) is 0 Å². The average Bonchev–Trinajstić information content (AvgIpc) is 3.75. The quantitative estimate of drug-likeness (QED) is 0.157. The van der Waals surface area contributed by atoms with Crippen LogP contribution in [-0.4, -0.2) is 0 Å². The third kappa shape index (κ3) is 4.96. The molecule has 0 bridgehead atoms. The zero-order chi connectivity index (χ0) is 38.7. The van der Waals surface area contributed by atoms with Crippen molar-refractivity contribution in [2.45, 2.75) is 17.8 Å². The van der Waals surface area contributed by atoms with Crippen LogP contribution in [-0.2, 0) is 10.8 Å². The molecule has 58 heavy (non-hydrogen) atoms. The minimum absolute atomic E-state index is 0.307. The van der Waals surface area contributed by atoms with E-state index in [2.05, 4.69) is 242 Å². The number of anilines is 3. The number of nitrogens with zero attached hydrogens (tertiary/aromatic N) is 1. The van der Waals surface area contributed by atoms with Crippen LogP contribution in [0.3, 0.4) is 0 Å². The second kappa shape index (κ2) is 13.5. The zero-order valence-corrected chi connectivity index (χ0v) is 32.4. The van der Waals surface area contributed by atoms with Crippen LogP contribution in [0.15, 0.2) is 231 Å². The molecule has 2 aliphatic carbocycles. The van der Waals surface area contributed by atoms with Gasteiger partial charge in [0.2, 0.25) is 0 Å². The van der Waals surface area contributed by atoms with Crippen LogP contribution >= 0.6 is 0 Å². The third-order valence-electron chi connectivity index (χ3n) is 12.8. The van der Waals surface area contributed by atoms with Crippen LogP contribution in [0.5, 0.6) is 0 Å². The Morgan fingerprint density at radius 3 is 1.43 bits per heavy atom. The van der Waals surface area contributed by atoms with Crippen LogP contribution < -0.4 is 4.90 Å². The van der Waals surface area contributed by atoms with E-state index in [0.29, 0.717) is 0 Å². The zero-order valence-electron chi connectivity index (χ0n) is 32.4. The maximum atomic E-state index is 2.48. The first-order valence-electron chi connectivity index (χ1n) is 20.3. The van der Waals surface area contributed by atoms with Crippen molar-refractivity contribution in [2.75, 3.05) is 4.90 Å². The molecule has 11 rings (SSSR count). The van der Waals surface area contributed by atoms with E-state index in [4.69, 9.17) is 0 Å². The lowest BCUT2D eigenvalue weighted by atomic mass is 9.67. The van der Waals surface area contributed by atoms with Crippen molar-refractivity contribution in [1.82, 2.24) is 0 Å². The predicted octanol–water partition coefficient (Wildman–Crippen LogP) is 14.5. The van der Waals surface area contributed by atoms with Gasteiger partial charge in [-0.3, -0.25) is 0 Å². The van der Waals surface area contributed by atoms with Crippen LogP contribution in [0.1, 0.15) is 45.9 Å². The summed E-state index contributed by atoms with van der Waals surface area (Å²) in [6.45, 7) is 2.39. The normalized spacial score (nSPS) is 15.5. The molecule has 1 atom stereocenters. The van der Waals surface area contributed by atoms with Crippen molar-refractivity contribution >= 4 is 17.1 Å². The minimum Gasteiger partial charge on any atom is -0.310 e. The standard InChI is InChI=1S/C57H41N/c1-56(41-20-6-2-7-21-41)51-31-17-14-29-47(51)49-37-35-45(39-53(49)56)58(44-26-12-5-13-27-44)55-33-19-16-28-46(55)40-34-36-50-48-30-15-18-32-52(48)57(54(50)38-40,42-22-8-3-9-23-42)43-24-10-4-11-25-43/h2-39H,1H3. The second-order valence-corrected chi connectivity index (χ2v) is 15.7. The molecule has 0 aromatic heterocycles. The molecule has 1 nitrogen and oxygen atoms in total. The van der Waals surface area contributed by atoms with E-state index in [1.54, 1.807) is 0 Å². The lowest BCUT2D eigenvalue weighted by Gasteiger charge is -2.34. The Kier molecular flexibility index (Phi) is 7.91. The van der Waals surface area contributed by atoms with Gasteiger partial charge in [-0.2, -0.15) is 0 Å². The number of hydrogen-bond acceptors (Lipinski definition) is 1. The number of rotatable bonds is 7. The molecule has 0 saturated heterocycles. The van der Waals surface area contributed by atoms with Gasteiger partial charge in [0.15, 0.2) is 0 Å². The van der Waals surface area contributed by atoms with Gasteiger partial charge in [-0.25, -0.2) is 0 Å². The summed E-state index contributed by atoms with van der Waals surface area (Å²) in [7, 11) is 0. The highest BCUT2D eigenvalue weighted by molar-refractivity contribution is 5.94. The van der Waals surface area contributed by atoms with E-state index >= 15 is 0 Å². The molecule has 0 fully saturated rings. The SMILES string of the molecule is CC1(c2ccccc2)c2ccccc2-c2ccc(N(c3ccccc3)c3ccccc3-c3ccc4c(c3)C(c3ccccc3)(c3ccccc3)c3ccccc3-4)cc21. The van der Waals surface area contributed by atoms with Crippen LogP contribution in [0.25, 0.3) is 33.4 Å². The van der Waals surface area contributed by atoms with E-state index in [9.17, 15) is 0 Å². The minimum atomic E-state index is -0.477. The molecule has 0 radical (unpaired) electrons. The molecular weight excluding hydrogens is 699 g/mol. The monoisotopic (exact) mass is 739 g/mol. The maximum Gasteiger partial charge on any atom is 0.0713 e. The molecule has 0 heterocycles. The maximum absolute atomic E-state index is 2.48. The van der Waals surface area contributed by atoms with Gasteiger partial charge in [-0.15, -0.1) is 0 Å². The fourth-order valence-electron chi connectivity index (χ4n) is 10.2. The molecule has 0 saturated carbocycles. The second-order valence-electron chi connectivity index (χ2n) is 15.7. The summed E-state index contributed by atoms with van der Waals surface area (Å²) in [6, 6.07) is 85.1. The summed E-state index contributed by atoms with van der Waals surface area (Å²) < 4.78 is 0. The predicted molar refractivity (Wildman–Crippen MR) is 241 cm³/mol. The van der Waals surface area contributed by atoms with Crippen molar-refractivity contribution in [3.8, 4) is 33.4 Å². The van der Waals surface area contributed by atoms with Gasteiger partial charge in [0.05, 0.1) is 11.1 Å². The Labute approximate surface area is 341 Å². The molecule has 9 aromatic carbocycles. The van der Waals surface area contributed by atoms with Gasteiger partial charge in [0.1, 0.15) is 0 Å². The van der Waals surface area contributed by atoms with Crippen molar-refractivity contribution < 1.29 is 0 Å². The lowest BCUT2D eigenvalue weighted by Crippen LogP contribution is -2.28. The van der Waals surface area contributed by atoms with Crippen LogP contribution in [0.2, 0.25) is 0 Å². The average molecular weight is 740 g/mol. The number of fused-ring (bicyclic) bond motifs is 6. The highest BCUT2D eigenvalue weighted by Crippen LogP contribution is 2.58. The lowest BCUT2D eigenvalue weighted by molar-refractivity contribution is 0.714. The Morgan fingerprint density at radius 2 is 0.776 bits per heavy atom. The Hall–Kier alpha value is -7.22. The summed E-state index contributed by atoms with van der Waals surface area (Å²) in [4.78, 5) is 2.45. The molecule has 0 N–H and O–H groups in total. The molecule has 2 aliphatic rings.